The molecule has 1 aliphatic rings. The van der Waals surface area contributed by atoms with Crippen LogP contribution in [0, 0.1) is 5.92 Å². The Morgan fingerprint density at radius 3 is 2.41 bits per heavy atom. The van der Waals surface area contributed by atoms with E-state index >= 15 is 0 Å². The second-order valence-corrected chi connectivity index (χ2v) is 9.29. The van der Waals surface area contributed by atoms with Gasteiger partial charge in [-0.2, -0.15) is 13.2 Å². The molecule has 0 aliphatic carbocycles. The fourth-order valence-electron chi connectivity index (χ4n) is 3.59. The van der Waals surface area contributed by atoms with Gasteiger partial charge in [0, 0.05) is 19.1 Å². The second-order valence-electron chi connectivity index (χ2n) is 7.51. The molecular formula is C19H30ClF3N2O3S. The van der Waals surface area contributed by atoms with Crippen molar-refractivity contribution < 1.29 is 26.3 Å². The van der Waals surface area contributed by atoms with Gasteiger partial charge >= 0.3 is 6.18 Å². The van der Waals surface area contributed by atoms with Crippen LogP contribution in [-0.2, 0) is 21.3 Å². The van der Waals surface area contributed by atoms with Crippen molar-refractivity contribution in [1.29, 1.82) is 0 Å². The van der Waals surface area contributed by atoms with Crippen molar-refractivity contribution >= 4 is 22.4 Å². The first-order valence-corrected chi connectivity index (χ1v) is 11.3. The van der Waals surface area contributed by atoms with E-state index in [0.29, 0.717) is 13.1 Å². The molecule has 1 aromatic carbocycles. The van der Waals surface area contributed by atoms with Gasteiger partial charge in [0.25, 0.3) is 0 Å². The summed E-state index contributed by atoms with van der Waals surface area (Å²) in [5.41, 5.74) is 1.88. The quantitative estimate of drug-likeness (QED) is 0.642. The summed E-state index contributed by atoms with van der Waals surface area (Å²) in [5, 5.41) is 0. The Morgan fingerprint density at radius 2 is 1.90 bits per heavy atom. The van der Waals surface area contributed by atoms with Crippen molar-refractivity contribution in [1.82, 2.24) is 9.62 Å². The van der Waals surface area contributed by atoms with Crippen LogP contribution < -0.4 is 4.72 Å². The minimum absolute atomic E-state index is 0. The van der Waals surface area contributed by atoms with E-state index in [1.54, 1.807) is 6.92 Å². The normalized spacial score (nSPS) is 22.1. The first kappa shape index (κ1) is 26.2. The Labute approximate surface area is 177 Å². The Bertz CT molecular complexity index is 729. The summed E-state index contributed by atoms with van der Waals surface area (Å²) in [7, 11) is -3.29. The number of hydrogen-bond acceptors (Lipinski definition) is 4. The van der Waals surface area contributed by atoms with Gasteiger partial charge in [0.1, 0.15) is 6.61 Å². The van der Waals surface area contributed by atoms with E-state index in [2.05, 4.69) is 9.62 Å². The summed E-state index contributed by atoms with van der Waals surface area (Å²) in [5.74, 6) is 0.142. The fraction of sp³-hybridized carbons (Fsp3) is 0.684. The zero-order valence-electron chi connectivity index (χ0n) is 16.9. The highest BCUT2D eigenvalue weighted by Crippen LogP contribution is 2.27. The number of hydrogen-bond donors (Lipinski definition) is 1. The molecule has 168 valence electrons. The molecule has 1 aromatic rings. The Balaban J connectivity index is 0.00000420. The molecule has 3 atom stereocenters. The topological polar surface area (TPSA) is 58.6 Å². The molecule has 0 spiro atoms. The average Bonchev–Trinajstić information content (AvgIpc) is 2.58. The molecule has 2 rings (SSSR count). The number of alkyl halides is 3. The van der Waals surface area contributed by atoms with Crippen LogP contribution in [0.2, 0.25) is 0 Å². The van der Waals surface area contributed by atoms with Gasteiger partial charge in [0.05, 0.1) is 12.4 Å². The molecule has 0 amide bonds. The maximum Gasteiger partial charge on any atom is 0.411 e. The molecule has 1 fully saturated rings. The fourth-order valence-corrected chi connectivity index (χ4v) is 4.37. The largest absolute Gasteiger partial charge is 0.411 e. The number of piperidine rings is 1. The number of likely N-dealkylation sites (tertiary alicyclic amines) is 1. The molecular weight excluding hydrogens is 429 g/mol. The van der Waals surface area contributed by atoms with E-state index in [4.69, 9.17) is 4.74 Å². The highest BCUT2D eigenvalue weighted by atomic mass is 35.5. The van der Waals surface area contributed by atoms with Crippen LogP contribution >= 0.6 is 12.4 Å². The molecule has 1 N–H and O–H groups in total. The third kappa shape index (κ3) is 9.21. The van der Waals surface area contributed by atoms with Gasteiger partial charge in [0.2, 0.25) is 10.0 Å². The maximum atomic E-state index is 12.5. The predicted octanol–water partition coefficient (Wildman–Crippen LogP) is 3.90. The molecule has 0 bridgehead atoms. The summed E-state index contributed by atoms with van der Waals surface area (Å²) in [6, 6.07) is 7.26. The SMILES string of the molecule is CCC1CCN(Cc2ccc([C@@H](C)NS(C)(=O)=O)cc2)C[C@@H]1OCC(F)(F)F.Cl. The number of ether oxygens (including phenoxy) is 1. The number of sulfonamides is 1. The Kier molecular flexibility index (Phi) is 9.88. The molecule has 0 radical (unpaired) electrons. The maximum absolute atomic E-state index is 12.5. The van der Waals surface area contributed by atoms with Gasteiger partial charge in [-0.15, -0.1) is 12.4 Å². The minimum atomic E-state index is -4.31. The van der Waals surface area contributed by atoms with Gasteiger partial charge in [-0.25, -0.2) is 13.1 Å². The third-order valence-corrected chi connectivity index (χ3v) is 5.82. The van der Waals surface area contributed by atoms with Gasteiger partial charge in [-0.3, -0.25) is 4.90 Å². The van der Waals surface area contributed by atoms with Crippen molar-refractivity contribution in [2.45, 2.75) is 51.6 Å². The monoisotopic (exact) mass is 458 g/mol. The van der Waals surface area contributed by atoms with Gasteiger partial charge in [-0.1, -0.05) is 37.6 Å². The van der Waals surface area contributed by atoms with Crippen LogP contribution in [0.3, 0.4) is 0 Å². The van der Waals surface area contributed by atoms with E-state index in [1.165, 1.54) is 0 Å². The zero-order chi connectivity index (χ0) is 20.9. The molecule has 1 aliphatic heterocycles. The summed E-state index contributed by atoms with van der Waals surface area (Å²) in [6.07, 6.45) is -2.00. The summed E-state index contributed by atoms with van der Waals surface area (Å²) >= 11 is 0. The molecule has 1 heterocycles. The van der Waals surface area contributed by atoms with Crippen LogP contribution in [0.15, 0.2) is 24.3 Å². The van der Waals surface area contributed by atoms with Crippen LogP contribution in [0.1, 0.15) is 43.9 Å². The lowest BCUT2D eigenvalue weighted by atomic mass is 9.91. The van der Waals surface area contributed by atoms with Gasteiger partial charge < -0.3 is 4.74 Å². The van der Waals surface area contributed by atoms with Crippen LogP contribution in [0.4, 0.5) is 13.2 Å². The van der Waals surface area contributed by atoms with Crippen molar-refractivity contribution in [2.24, 2.45) is 5.92 Å². The number of nitrogens with one attached hydrogen (secondary N) is 1. The number of nitrogens with zero attached hydrogens (tertiary/aromatic N) is 1. The van der Waals surface area contributed by atoms with Crippen LogP contribution in [-0.4, -0.2) is 51.6 Å². The van der Waals surface area contributed by atoms with Crippen molar-refractivity contribution in [3.05, 3.63) is 35.4 Å². The molecule has 1 unspecified atom stereocenters. The number of rotatable bonds is 8. The van der Waals surface area contributed by atoms with Crippen LogP contribution in [0.25, 0.3) is 0 Å². The Morgan fingerprint density at radius 1 is 1.28 bits per heavy atom. The van der Waals surface area contributed by atoms with E-state index in [-0.39, 0.29) is 24.4 Å². The smallest absolute Gasteiger partial charge is 0.367 e. The zero-order valence-corrected chi connectivity index (χ0v) is 18.5. The minimum Gasteiger partial charge on any atom is -0.367 e. The number of benzene rings is 1. The average molecular weight is 459 g/mol. The molecule has 29 heavy (non-hydrogen) atoms. The molecule has 0 saturated carbocycles. The second kappa shape index (κ2) is 10.9. The van der Waals surface area contributed by atoms with Crippen molar-refractivity contribution in [2.75, 3.05) is 26.0 Å². The van der Waals surface area contributed by atoms with Gasteiger partial charge in [0.15, 0.2) is 0 Å². The van der Waals surface area contributed by atoms with Crippen molar-refractivity contribution in [3.8, 4) is 0 Å². The van der Waals surface area contributed by atoms with E-state index in [1.807, 2.05) is 31.2 Å². The highest BCUT2D eigenvalue weighted by molar-refractivity contribution is 7.88. The Hall–Kier alpha value is -0.870. The van der Waals surface area contributed by atoms with E-state index < -0.39 is 28.9 Å². The number of halogens is 4. The lowest BCUT2D eigenvalue weighted by Crippen LogP contribution is -2.45. The van der Waals surface area contributed by atoms with Gasteiger partial charge in [-0.05, 0) is 36.9 Å². The lowest BCUT2D eigenvalue weighted by Gasteiger charge is -2.38. The lowest BCUT2D eigenvalue weighted by molar-refractivity contribution is -0.196. The van der Waals surface area contributed by atoms with Crippen molar-refractivity contribution in [3.63, 3.8) is 0 Å². The molecule has 5 nitrogen and oxygen atoms in total. The standard InChI is InChI=1S/C19H29F3N2O3S.ClH/c1-4-16-9-10-24(12-18(16)27-13-19(20,21)22)11-15-5-7-17(8-6-15)14(2)23-28(3,25)26;/h5-8,14,16,18,23H,4,9-13H2,1-3H3;1H/t14-,16?,18+;/m1./s1. The third-order valence-electron chi connectivity index (χ3n) is 5.04. The summed E-state index contributed by atoms with van der Waals surface area (Å²) < 4.78 is 67.9. The highest BCUT2D eigenvalue weighted by Gasteiger charge is 2.34. The van der Waals surface area contributed by atoms with Crippen LogP contribution in [0.5, 0.6) is 0 Å². The first-order valence-electron chi connectivity index (χ1n) is 9.43. The molecule has 1 saturated heterocycles. The molecule has 0 aromatic heterocycles. The summed E-state index contributed by atoms with van der Waals surface area (Å²) in [4.78, 5) is 2.11. The van der Waals surface area contributed by atoms with E-state index in [9.17, 15) is 21.6 Å². The van der Waals surface area contributed by atoms with E-state index in [0.717, 1.165) is 36.8 Å². The predicted molar refractivity (Wildman–Crippen MR) is 110 cm³/mol. The molecule has 10 heteroatoms. The first-order chi connectivity index (χ1) is 13.0. The summed E-state index contributed by atoms with van der Waals surface area (Å²) in [6.45, 7) is 4.46.